The number of carbonyl (C=O) groups excluding carboxylic acids is 1. The van der Waals surface area contributed by atoms with Crippen LogP contribution >= 0.6 is 11.3 Å². The van der Waals surface area contributed by atoms with Gasteiger partial charge in [-0.05, 0) is 24.6 Å². The summed E-state index contributed by atoms with van der Waals surface area (Å²) in [6, 6.07) is 4.23. The van der Waals surface area contributed by atoms with Crippen LogP contribution in [0.5, 0.6) is 5.75 Å². The van der Waals surface area contributed by atoms with Gasteiger partial charge in [0.15, 0.2) is 29.0 Å². The molecule has 3 aromatic rings. The van der Waals surface area contributed by atoms with E-state index in [4.69, 9.17) is 9.22 Å². The molecule has 156 valence electrons. The number of methoxy groups -OCH3 is 1. The average molecular weight is 443 g/mol. The lowest BCUT2D eigenvalue weighted by Crippen LogP contribution is -2.19. The fourth-order valence-electron chi connectivity index (χ4n) is 2.61. The minimum absolute atomic E-state index is 0.158. The zero-order chi connectivity index (χ0) is 24.7. The third-order valence-electron chi connectivity index (χ3n) is 3.89. The molecule has 0 fully saturated rings. The number of benzene rings is 2. The summed E-state index contributed by atoms with van der Waals surface area (Å²) in [7, 11) is -2.89. The first-order chi connectivity index (χ1) is 15.3. The summed E-state index contributed by atoms with van der Waals surface area (Å²) in [5, 5.41) is 10.9. The van der Waals surface area contributed by atoms with Crippen LogP contribution in [-0.4, -0.2) is 29.0 Å². The molecule has 0 bridgehead atoms. The van der Waals surface area contributed by atoms with Gasteiger partial charge in [-0.25, -0.2) is 27.3 Å². The van der Waals surface area contributed by atoms with Crippen molar-refractivity contribution in [1.29, 1.82) is 0 Å². The molecular formula is C19H12F4N2O4S. The Morgan fingerprint density at radius 1 is 1.17 bits per heavy atom. The van der Waals surface area contributed by atoms with Crippen LogP contribution in [-0.2, 0) is 0 Å². The quantitative estimate of drug-likeness (QED) is 0.443. The first-order valence-corrected chi connectivity index (χ1v) is 8.79. The molecule has 1 amide bonds. The smallest absolute Gasteiger partial charge is 0.348 e. The molecule has 0 unspecified atom stereocenters. The Balaban J connectivity index is 2.05. The zero-order valence-corrected chi connectivity index (χ0v) is 15.7. The summed E-state index contributed by atoms with van der Waals surface area (Å²) in [5.41, 5.74) is -3.79. The van der Waals surface area contributed by atoms with Gasteiger partial charge >= 0.3 is 5.97 Å². The molecule has 0 aliphatic carbocycles. The second-order valence-corrected chi connectivity index (χ2v) is 7.01. The van der Waals surface area contributed by atoms with Crippen LogP contribution in [0.1, 0.15) is 29.3 Å². The fraction of sp³-hybridized carbons (Fsp3) is 0.105. The Kier molecular flexibility index (Phi) is 4.70. The van der Waals surface area contributed by atoms with Gasteiger partial charge in [0, 0.05) is 0 Å². The molecule has 0 spiro atoms. The third-order valence-corrected chi connectivity index (χ3v) is 4.84. The summed E-state index contributed by atoms with van der Waals surface area (Å²) in [5.74, 6) is -11.0. The largest absolute Gasteiger partial charge is 0.497 e. The first kappa shape index (κ1) is 17.4. The molecule has 0 saturated carbocycles. The molecule has 11 heteroatoms. The van der Waals surface area contributed by atoms with Gasteiger partial charge in [-0.1, -0.05) is 12.1 Å². The lowest BCUT2D eigenvalue weighted by molar-refractivity contribution is 0.0697. The fourth-order valence-corrected chi connectivity index (χ4v) is 3.36. The Morgan fingerprint density at radius 3 is 2.43 bits per heavy atom. The number of carboxylic acid groups (broad SMARTS) is 1. The number of aryl methyl sites for hydroxylation is 1. The van der Waals surface area contributed by atoms with Crippen molar-refractivity contribution in [1.82, 2.24) is 4.98 Å². The van der Waals surface area contributed by atoms with Crippen LogP contribution in [0, 0.1) is 30.2 Å². The molecule has 30 heavy (non-hydrogen) atoms. The minimum Gasteiger partial charge on any atom is -0.497 e. The van der Waals surface area contributed by atoms with Crippen molar-refractivity contribution in [2.45, 2.75) is 6.92 Å². The summed E-state index contributed by atoms with van der Waals surface area (Å²) in [6.07, 6.45) is 0. The van der Waals surface area contributed by atoms with Gasteiger partial charge in [-0.15, -0.1) is 11.3 Å². The van der Waals surface area contributed by atoms with E-state index in [0.717, 1.165) is 24.3 Å². The Bertz CT molecular complexity index is 1250. The molecule has 0 atom stereocenters. The van der Waals surface area contributed by atoms with Crippen LogP contribution in [0.25, 0.3) is 11.1 Å². The highest BCUT2D eigenvalue weighted by molar-refractivity contribution is 7.13. The predicted molar refractivity (Wildman–Crippen MR) is 100 cm³/mol. The molecule has 0 aliphatic heterocycles. The van der Waals surface area contributed by atoms with Gasteiger partial charge in [-0.3, -0.25) is 4.79 Å². The second-order valence-electron chi connectivity index (χ2n) is 5.81. The van der Waals surface area contributed by atoms with E-state index in [9.17, 15) is 27.2 Å². The van der Waals surface area contributed by atoms with Gasteiger partial charge in [0.2, 0.25) is 0 Å². The first-order valence-electron chi connectivity index (χ1n) is 9.47. The predicted octanol–water partition coefficient (Wildman–Crippen LogP) is 4.63. The number of aromatic carboxylic acids is 1. The zero-order valence-electron chi connectivity index (χ0n) is 17.8. The molecular weight excluding hydrogens is 428 g/mol. The van der Waals surface area contributed by atoms with Gasteiger partial charge in [0.25, 0.3) is 5.91 Å². The minimum atomic E-state index is -2.89. The monoisotopic (exact) mass is 443 g/mol. The highest BCUT2D eigenvalue weighted by atomic mass is 32.1. The number of hydrogen-bond acceptors (Lipinski definition) is 5. The molecule has 1 aromatic heterocycles. The van der Waals surface area contributed by atoms with Crippen LogP contribution in [0.2, 0.25) is 0 Å². The van der Waals surface area contributed by atoms with Crippen LogP contribution in [0.4, 0.5) is 23.2 Å². The van der Waals surface area contributed by atoms with E-state index in [1.165, 1.54) is 6.92 Å². The SMILES string of the molecule is [2H]C([2H])([2H])Oc1cccc(-c2c(F)c(F)c(NC(=O)c3nc(C)sc3C(=O)O)c(F)c2F)c1. The Morgan fingerprint density at radius 2 is 1.83 bits per heavy atom. The summed E-state index contributed by atoms with van der Waals surface area (Å²) in [4.78, 5) is 26.7. The van der Waals surface area contributed by atoms with Crippen molar-refractivity contribution in [2.75, 3.05) is 12.4 Å². The van der Waals surface area contributed by atoms with Crippen molar-refractivity contribution in [2.24, 2.45) is 0 Å². The van der Waals surface area contributed by atoms with Crippen LogP contribution in [0.15, 0.2) is 24.3 Å². The van der Waals surface area contributed by atoms with Gasteiger partial charge in [-0.2, -0.15) is 0 Å². The number of carboxylic acids is 1. The van der Waals surface area contributed by atoms with Crippen LogP contribution < -0.4 is 10.1 Å². The van der Waals surface area contributed by atoms with Gasteiger partial charge in [0.1, 0.15) is 16.3 Å². The van der Waals surface area contributed by atoms with E-state index in [2.05, 4.69) is 9.72 Å². The molecule has 2 aromatic carbocycles. The van der Waals surface area contributed by atoms with E-state index in [1.807, 2.05) is 0 Å². The molecule has 3 rings (SSSR count). The van der Waals surface area contributed by atoms with Crippen molar-refractivity contribution >= 4 is 28.9 Å². The van der Waals surface area contributed by atoms with E-state index in [1.54, 1.807) is 5.32 Å². The number of thiazole rings is 1. The number of hydrogen-bond donors (Lipinski definition) is 2. The van der Waals surface area contributed by atoms with Crippen LogP contribution in [0.3, 0.4) is 0 Å². The maximum Gasteiger partial charge on any atom is 0.348 e. The standard InChI is InChI=1S/C19H12F4N2O4S/c1-7-24-16(17(30-7)19(27)28)18(26)25-15-13(22)11(20)10(12(21)14(15)23)8-4-3-5-9(6-8)29-2/h3-6H,1-2H3,(H,25,26)(H,27,28)/i2D3. The van der Waals surface area contributed by atoms with Crippen molar-refractivity contribution in [3.05, 3.63) is 63.1 Å². The number of nitrogens with zero attached hydrogens (tertiary/aromatic N) is 1. The maximum atomic E-state index is 14.7. The molecule has 0 saturated heterocycles. The van der Waals surface area contributed by atoms with Crippen molar-refractivity contribution in [3.63, 3.8) is 0 Å². The molecule has 1 heterocycles. The molecule has 0 aliphatic rings. The highest BCUT2D eigenvalue weighted by Gasteiger charge is 2.29. The number of aromatic nitrogens is 1. The van der Waals surface area contributed by atoms with Gasteiger partial charge in [0.05, 0.1) is 21.7 Å². The van der Waals surface area contributed by atoms with E-state index in [-0.39, 0.29) is 10.8 Å². The number of halogens is 4. The normalized spacial score (nSPS) is 12.6. The maximum absolute atomic E-state index is 14.7. The number of carbonyl (C=O) groups is 2. The highest BCUT2D eigenvalue weighted by Crippen LogP contribution is 2.36. The molecule has 2 N–H and O–H groups in total. The number of nitrogens with one attached hydrogen (secondary N) is 1. The molecule has 6 nitrogen and oxygen atoms in total. The lowest BCUT2D eigenvalue weighted by Gasteiger charge is -2.13. The Hall–Kier alpha value is -3.47. The molecule has 0 radical (unpaired) electrons. The second kappa shape index (κ2) is 8.11. The number of ether oxygens (including phenoxy) is 1. The summed E-state index contributed by atoms with van der Waals surface area (Å²) < 4.78 is 84.6. The van der Waals surface area contributed by atoms with E-state index >= 15 is 0 Å². The number of amides is 1. The lowest BCUT2D eigenvalue weighted by atomic mass is 10.0. The van der Waals surface area contributed by atoms with Crippen molar-refractivity contribution < 1.29 is 41.1 Å². The topological polar surface area (TPSA) is 88.5 Å². The number of rotatable bonds is 5. The van der Waals surface area contributed by atoms with Crippen molar-refractivity contribution in [3.8, 4) is 16.9 Å². The third kappa shape index (κ3) is 3.71. The van der Waals surface area contributed by atoms with E-state index in [0.29, 0.717) is 11.3 Å². The van der Waals surface area contributed by atoms with Gasteiger partial charge < -0.3 is 15.2 Å². The number of anilines is 1. The van der Waals surface area contributed by atoms with E-state index < -0.39 is 69.6 Å². The summed E-state index contributed by atoms with van der Waals surface area (Å²) >= 11 is 0.622. The Labute approximate surface area is 175 Å². The summed E-state index contributed by atoms with van der Waals surface area (Å²) in [6.45, 7) is 1.38. The average Bonchev–Trinajstić information content (AvgIpc) is 3.11.